The molecule has 16 heteroatoms. The molecule has 0 spiro atoms. The van der Waals surface area contributed by atoms with Gasteiger partial charge in [0.05, 0.1) is 22.8 Å². The molecule has 8 bridgehead atoms. The molecular formula is C44H22Br8N4O4. The maximum absolute atomic E-state index is 10.6. The molecule has 0 unspecified atom stereocenters. The maximum atomic E-state index is 10.6. The average molecular weight is 1310 g/mol. The lowest BCUT2D eigenvalue weighted by Gasteiger charge is -2.12. The van der Waals surface area contributed by atoms with E-state index in [1.807, 2.05) is 48.6 Å². The Labute approximate surface area is 408 Å². The molecule has 2 aliphatic heterocycles. The number of fused-ring (bicyclic) bond motifs is 8. The summed E-state index contributed by atoms with van der Waals surface area (Å²) in [7, 11) is 0. The molecule has 0 saturated carbocycles. The smallest absolute Gasteiger partial charge is 0.117 e. The van der Waals surface area contributed by atoms with E-state index in [0.29, 0.717) is 80.6 Å². The topological polar surface area (TPSA) is 138 Å². The van der Waals surface area contributed by atoms with Gasteiger partial charge in [0, 0.05) is 102 Å². The predicted molar refractivity (Wildman–Crippen MR) is 269 cm³/mol. The van der Waals surface area contributed by atoms with Crippen molar-refractivity contribution in [2.24, 2.45) is 0 Å². The van der Waals surface area contributed by atoms with Gasteiger partial charge >= 0.3 is 0 Å². The molecule has 9 rings (SSSR count). The molecular weight excluding hydrogens is 1290 g/mol. The Bertz CT molecular complexity index is 2750. The van der Waals surface area contributed by atoms with Crippen LogP contribution in [0.1, 0.15) is 22.8 Å². The first-order chi connectivity index (χ1) is 28.7. The Hall–Kier alpha value is -3.48. The molecule has 6 N–H and O–H groups in total. The highest BCUT2D eigenvalue weighted by molar-refractivity contribution is 9.12. The number of H-pyrrole nitrogens is 2. The average Bonchev–Trinajstić information content (AvgIpc) is 3.99. The van der Waals surface area contributed by atoms with Crippen molar-refractivity contribution in [1.29, 1.82) is 0 Å². The molecule has 0 aliphatic carbocycles. The Morgan fingerprint density at radius 1 is 0.300 bits per heavy atom. The zero-order chi connectivity index (χ0) is 42.3. The van der Waals surface area contributed by atoms with Gasteiger partial charge in [-0.25, -0.2) is 9.97 Å². The van der Waals surface area contributed by atoms with Crippen LogP contribution in [-0.4, -0.2) is 40.4 Å². The number of aromatic amines is 2. The van der Waals surface area contributed by atoms with Crippen molar-refractivity contribution in [3.63, 3.8) is 0 Å². The molecule has 298 valence electrons. The molecule has 8 nitrogen and oxygen atoms in total. The molecule has 5 heterocycles. The van der Waals surface area contributed by atoms with Gasteiger partial charge in [-0.2, -0.15) is 0 Å². The second-order valence-electron chi connectivity index (χ2n) is 13.6. The fraction of sp³-hybridized carbons (Fsp3) is 0. The lowest BCUT2D eigenvalue weighted by Crippen LogP contribution is -1.92. The van der Waals surface area contributed by atoms with Crippen molar-refractivity contribution in [3.05, 3.63) is 131 Å². The van der Waals surface area contributed by atoms with Crippen LogP contribution in [-0.2, 0) is 0 Å². The first-order valence-electron chi connectivity index (χ1n) is 17.6. The normalized spacial score (nSPS) is 12.1. The van der Waals surface area contributed by atoms with Gasteiger partial charge < -0.3 is 30.4 Å². The van der Waals surface area contributed by atoms with Gasteiger partial charge in [0.2, 0.25) is 0 Å². The van der Waals surface area contributed by atoms with Crippen LogP contribution in [0.5, 0.6) is 23.0 Å². The summed E-state index contributed by atoms with van der Waals surface area (Å²) in [6.07, 6.45) is 7.80. The fourth-order valence-corrected chi connectivity index (χ4v) is 13.7. The molecule has 0 fully saturated rings. The summed E-state index contributed by atoms with van der Waals surface area (Å²) >= 11 is 29.9. The third-order valence-electron chi connectivity index (χ3n) is 9.86. The van der Waals surface area contributed by atoms with E-state index in [1.165, 1.54) is 0 Å². The lowest BCUT2D eigenvalue weighted by atomic mass is 10.0. The molecule has 0 atom stereocenters. The van der Waals surface area contributed by atoms with Crippen molar-refractivity contribution in [3.8, 4) is 67.5 Å². The summed E-state index contributed by atoms with van der Waals surface area (Å²) in [5.74, 6) is 0.308. The number of nitrogens with one attached hydrogen (secondary N) is 2. The second kappa shape index (κ2) is 16.3. The van der Waals surface area contributed by atoms with Crippen molar-refractivity contribution in [2.45, 2.75) is 0 Å². The van der Waals surface area contributed by atoms with Crippen molar-refractivity contribution in [2.75, 3.05) is 0 Å². The number of aromatic nitrogens is 4. The van der Waals surface area contributed by atoms with Crippen LogP contribution in [0.3, 0.4) is 0 Å². The molecule has 2 aliphatic rings. The van der Waals surface area contributed by atoms with Crippen LogP contribution in [0.2, 0.25) is 0 Å². The van der Waals surface area contributed by atoms with Crippen LogP contribution in [0.15, 0.2) is 109 Å². The van der Waals surface area contributed by atoms with Crippen LogP contribution in [0, 0.1) is 0 Å². The number of halogens is 8. The summed E-state index contributed by atoms with van der Waals surface area (Å²) in [5.41, 5.74) is 11.2. The van der Waals surface area contributed by atoms with Gasteiger partial charge in [-0.15, -0.1) is 0 Å². The predicted octanol–water partition coefficient (Wildman–Crippen LogP) is 16.2. The van der Waals surface area contributed by atoms with E-state index < -0.39 is 0 Å². The van der Waals surface area contributed by atoms with Gasteiger partial charge in [-0.1, -0.05) is 0 Å². The van der Waals surface area contributed by atoms with Crippen LogP contribution >= 0.6 is 127 Å². The highest BCUT2D eigenvalue weighted by atomic mass is 79.9. The lowest BCUT2D eigenvalue weighted by molar-refractivity contribution is 0.474. The first-order valence-corrected chi connectivity index (χ1v) is 23.9. The van der Waals surface area contributed by atoms with Crippen molar-refractivity contribution >= 4 is 174 Å². The van der Waals surface area contributed by atoms with Crippen molar-refractivity contribution < 1.29 is 20.4 Å². The van der Waals surface area contributed by atoms with Gasteiger partial charge in [-0.3, -0.25) is 0 Å². The minimum Gasteiger partial charge on any atom is -0.508 e. The molecule has 7 aromatic rings. The molecule has 4 aromatic carbocycles. The fourth-order valence-electron chi connectivity index (χ4n) is 7.45. The van der Waals surface area contributed by atoms with E-state index in [2.05, 4.69) is 137 Å². The number of hydrogen-bond donors (Lipinski definition) is 6. The summed E-state index contributed by atoms with van der Waals surface area (Å²) in [6, 6.07) is 21.0. The number of aromatic hydroxyl groups is 4. The summed E-state index contributed by atoms with van der Waals surface area (Å²) < 4.78 is 5.05. The highest BCUT2D eigenvalue weighted by Gasteiger charge is 2.25. The minimum atomic E-state index is 0.0770. The maximum Gasteiger partial charge on any atom is 0.117 e. The van der Waals surface area contributed by atoms with E-state index in [9.17, 15) is 20.4 Å². The largest absolute Gasteiger partial charge is 0.508 e. The standard InChI is InChI=1S/C44H22Br8N4O4/c45-21-9-17(57)10-22(46)37(21)41-29-1-2-30(53-29)42(38-23(47)11-18(58)12-24(38)48)32-5-6-34(55-32)44(40-27(51)15-20(60)16-28(40)52)36-8-7-35(56-36)43(33-4-3-31(41)54-33)39-25(49)13-19(59)14-26(39)50/h1-16,53,56-60H. The number of nitrogens with zero attached hydrogens (tertiary/aromatic N) is 2. The number of rotatable bonds is 4. The van der Waals surface area contributed by atoms with Crippen LogP contribution in [0.25, 0.3) is 90.9 Å². The van der Waals surface area contributed by atoms with E-state index in [0.717, 1.165) is 44.5 Å². The summed E-state index contributed by atoms with van der Waals surface area (Å²) in [4.78, 5) is 18.1. The summed E-state index contributed by atoms with van der Waals surface area (Å²) in [6.45, 7) is 0. The molecule has 0 amide bonds. The first kappa shape index (κ1) is 41.9. The van der Waals surface area contributed by atoms with Crippen molar-refractivity contribution in [1.82, 2.24) is 19.9 Å². The molecule has 3 aromatic heterocycles. The zero-order valence-electron chi connectivity index (χ0n) is 29.9. The van der Waals surface area contributed by atoms with E-state index in [1.54, 1.807) is 48.5 Å². The van der Waals surface area contributed by atoms with Gasteiger partial charge in [0.1, 0.15) is 23.0 Å². The SMILES string of the molecule is Oc1cc(Br)c(-c2c3nc(c(-c4c(Br)cc(O)cc4Br)c4ccc([nH]4)c(-c4c(Br)cc(O)cc4Br)c4nc(c(-c5c(Br)cc(O)cc5Br)c5ccc2[nH]5)C=C4)C=C3)c(Br)c1. The highest BCUT2D eigenvalue weighted by Crippen LogP contribution is 2.48. The van der Waals surface area contributed by atoms with Gasteiger partial charge in [0.15, 0.2) is 0 Å². The number of phenols is 4. The summed E-state index contributed by atoms with van der Waals surface area (Å²) in [5, 5.41) is 42.3. The number of benzene rings is 4. The third-order valence-corrected chi connectivity index (χ3v) is 14.9. The Morgan fingerprint density at radius 2 is 0.483 bits per heavy atom. The molecule has 0 saturated heterocycles. The zero-order valence-corrected chi connectivity index (χ0v) is 42.6. The molecule has 60 heavy (non-hydrogen) atoms. The Morgan fingerprint density at radius 3 is 0.667 bits per heavy atom. The number of phenolic OH excluding ortho intramolecular Hbond substituents is 4. The Kier molecular flexibility index (Phi) is 11.4. The van der Waals surface area contributed by atoms with E-state index in [4.69, 9.17) is 9.97 Å². The Balaban J connectivity index is 1.54. The molecule has 0 radical (unpaired) electrons. The van der Waals surface area contributed by atoms with E-state index in [-0.39, 0.29) is 23.0 Å². The van der Waals surface area contributed by atoms with E-state index >= 15 is 0 Å². The number of hydrogen-bond acceptors (Lipinski definition) is 6. The van der Waals surface area contributed by atoms with Gasteiger partial charge in [0.25, 0.3) is 0 Å². The second-order valence-corrected chi connectivity index (χ2v) is 20.5. The van der Waals surface area contributed by atoms with Gasteiger partial charge in [-0.05, 0) is 225 Å². The quantitative estimate of drug-likeness (QED) is 0.104. The van der Waals surface area contributed by atoms with Crippen LogP contribution < -0.4 is 0 Å². The third kappa shape index (κ3) is 7.48. The minimum absolute atomic E-state index is 0.0770. The van der Waals surface area contributed by atoms with Crippen LogP contribution in [0.4, 0.5) is 0 Å². The monoisotopic (exact) mass is 1300 g/mol.